The maximum absolute atomic E-state index is 9.85. The van der Waals surface area contributed by atoms with Crippen LogP contribution in [0.25, 0.3) is 0 Å². The highest BCUT2D eigenvalue weighted by molar-refractivity contribution is 4.69. The fraction of sp³-hybridized carbons (Fsp3) is 1.00. The summed E-state index contributed by atoms with van der Waals surface area (Å²) in [6.45, 7) is 8.79. The van der Waals surface area contributed by atoms with Crippen molar-refractivity contribution in [3.63, 3.8) is 0 Å². The van der Waals surface area contributed by atoms with Crippen molar-refractivity contribution in [2.75, 3.05) is 0 Å². The number of hydrogen-bond donors (Lipinski definition) is 1. The molecule has 0 fully saturated rings. The molecule has 0 aliphatic carbocycles. The molecule has 0 aromatic heterocycles. The highest BCUT2D eigenvalue weighted by Crippen LogP contribution is 2.21. The van der Waals surface area contributed by atoms with Crippen molar-refractivity contribution in [3.05, 3.63) is 0 Å². The largest absolute Gasteiger partial charge is 0.393 e. The van der Waals surface area contributed by atoms with Gasteiger partial charge < -0.3 is 5.11 Å². The molecule has 1 N–H and O–H groups in total. The summed E-state index contributed by atoms with van der Waals surface area (Å²) >= 11 is 0. The molecule has 1 nitrogen and oxygen atoms in total. The Kier molecular flexibility index (Phi) is 7.35. The highest BCUT2D eigenvalue weighted by Gasteiger charge is 2.18. The minimum atomic E-state index is -0.0819. The summed E-state index contributed by atoms with van der Waals surface area (Å²) in [5.41, 5.74) is 0. The number of rotatable bonds is 7. The summed E-state index contributed by atoms with van der Waals surface area (Å²) in [6.07, 6.45) is 5.75. The Hall–Kier alpha value is -0.0400. The van der Waals surface area contributed by atoms with E-state index in [1.165, 1.54) is 25.7 Å². The van der Waals surface area contributed by atoms with E-state index in [1.54, 1.807) is 0 Å². The summed E-state index contributed by atoms with van der Waals surface area (Å²) in [5, 5.41) is 9.85. The Labute approximate surface area is 83.5 Å². The van der Waals surface area contributed by atoms with E-state index in [4.69, 9.17) is 0 Å². The molecule has 0 saturated heterocycles. The number of aliphatic hydroxyl groups is 1. The van der Waals surface area contributed by atoms with Gasteiger partial charge in [-0.2, -0.15) is 0 Å². The topological polar surface area (TPSA) is 20.2 Å². The van der Waals surface area contributed by atoms with Crippen LogP contribution in [0.15, 0.2) is 0 Å². The third-order valence-electron chi connectivity index (χ3n) is 3.25. The van der Waals surface area contributed by atoms with Gasteiger partial charge in [-0.25, -0.2) is 0 Å². The quantitative estimate of drug-likeness (QED) is 0.602. The third kappa shape index (κ3) is 5.30. The van der Waals surface area contributed by atoms with Crippen LogP contribution in [-0.2, 0) is 0 Å². The van der Waals surface area contributed by atoms with Crippen LogP contribution >= 0.6 is 0 Å². The molecule has 0 amide bonds. The molecule has 0 aromatic carbocycles. The standard InChI is InChI=1S/C12H26O/c1-5-7-8-9-12(13)11(4)10(3)6-2/h10-13H,5-9H2,1-4H3. The van der Waals surface area contributed by atoms with Crippen molar-refractivity contribution in [2.24, 2.45) is 11.8 Å². The summed E-state index contributed by atoms with van der Waals surface area (Å²) in [6, 6.07) is 0. The molecule has 3 unspecified atom stereocenters. The van der Waals surface area contributed by atoms with Crippen LogP contribution in [0.2, 0.25) is 0 Å². The molecule has 0 heterocycles. The zero-order valence-corrected chi connectivity index (χ0v) is 9.71. The monoisotopic (exact) mass is 186 g/mol. The maximum Gasteiger partial charge on any atom is 0.0568 e. The van der Waals surface area contributed by atoms with E-state index in [0.29, 0.717) is 11.8 Å². The Morgan fingerprint density at radius 3 is 2.15 bits per heavy atom. The van der Waals surface area contributed by atoms with Gasteiger partial charge in [0.25, 0.3) is 0 Å². The fourth-order valence-corrected chi connectivity index (χ4v) is 1.62. The van der Waals surface area contributed by atoms with E-state index in [1.807, 2.05) is 0 Å². The molecule has 0 spiro atoms. The van der Waals surface area contributed by atoms with Gasteiger partial charge in [-0.15, -0.1) is 0 Å². The van der Waals surface area contributed by atoms with Gasteiger partial charge in [0.2, 0.25) is 0 Å². The summed E-state index contributed by atoms with van der Waals surface area (Å²) in [5.74, 6) is 1.11. The lowest BCUT2D eigenvalue weighted by Crippen LogP contribution is -2.23. The van der Waals surface area contributed by atoms with Crippen LogP contribution in [0.1, 0.15) is 59.8 Å². The maximum atomic E-state index is 9.85. The van der Waals surface area contributed by atoms with Gasteiger partial charge in [-0.1, -0.05) is 53.4 Å². The molecule has 0 aromatic rings. The first kappa shape index (κ1) is 13.0. The number of aliphatic hydroxyl groups excluding tert-OH is 1. The molecule has 13 heavy (non-hydrogen) atoms. The molecular formula is C12H26O. The summed E-state index contributed by atoms with van der Waals surface area (Å²) in [7, 11) is 0. The SMILES string of the molecule is CCCCCC(O)C(C)C(C)CC. The normalized spacial score (nSPS) is 18.2. The van der Waals surface area contributed by atoms with Gasteiger partial charge in [-0.05, 0) is 18.3 Å². The zero-order chi connectivity index (χ0) is 10.3. The van der Waals surface area contributed by atoms with Gasteiger partial charge in [0.05, 0.1) is 6.10 Å². The van der Waals surface area contributed by atoms with Crippen LogP contribution in [-0.4, -0.2) is 11.2 Å². The second kappa shape index (κ2) is 7.37. The van der Waals surface area contributed by atoms with E-state index in [9.17, 15) is 5.11 Å². The van der Waals surface area contributed by atoms with Crippen molar-refractivity contribution >= 4 is 0 Å². The van der Waals surface area contributed by atoms with E-state index >= 15 is 0 Å². The molecule has 0 rings (SSSR count). The average Bonchev–Trinajstić information content (AvgIpc) is 2.15. The van der Waals surface area contributed by atoms with Gasteiger partial charge in [0.1, 0.15) is 0 Å². The molecule has 0 saturated carbocycles. The Bertz CT molecular complexity index is 112. The molecule has 0 radical (unpaired) electrons. The van der Waals surface area contributed by atoms with Gasteiger partial charge in [-0.3, -0.25) is 0 Å². The van der Waals surface area contributed by atoms with E-state index in [0.717, 1.165) is 6.42 Å². The lowest BCUT2D eigenvalue weighted by molar-refractivity contribution is 0.0759. The highest BCUT2D eigenvalue weighted by atomic mass is 16.3. The molecule has 3 atom stereocenters. The van der Waals surface area contributed by atoms with E-state index in [2.05, 4.69) is 27.7 Å². The number of unbranched alkanes of at least 4 members (excludes halogenated alkanes) is 2. The lowest BCUT2D eigenvalue weighted by atomic mass is 9.86. The molecule has 0 aliphatic rings. The van der Waals surface area contributed by atoms with Crippen molar-refractivity contribution in [3.8, 4) is 0 Å². The smallest absolute Gasteiger partial charge is 0.0568 e. The van der Waals surface area contributed by atoms with Crippen molar-refractivity contribution in [2.45, 2.75) is 65.9 Å². The van der Waals surface area contributed by atoms with Crippen LogP contribution in [0.3, 0.4) is 0 Å². The molecular weight excluding hydrogens is 160 g/mol. The van der Waals surface area contributed by atoms with Gasteiger partial charge in [0.15, 0.2) is 0 Å². The average molecular weight is 186 g/mol. The van der Waals surface area contributed by atoms with Crippen molar-refractivity contribution in [1.29, 1.82) is 0 Å². The second-order valence-electron chi connectivity index (χ2n) is 4.31. The van der Waals surface area contributed by atoms with Crippen molar-refractivity contribution < 1.29 is 5.11 Å². The van der Waals surface area contributed by atoms with Crippen LogP contribution < -0.4 is 0 Å². The Morgan fingerprint density at radius 1 is 1.08 bits per heavy atom. The van der Waals surface area contributed by atoms with Crippen LogP contribution in [0.4, 0.5) is 0 Å². The lowest BCUT2D eigenvalue weighted by Gasteiger charge is -2.24. The van der Waals surface area contributed by atoms with Crippen molar-refractivity contribution in [1.82, 2.24) is 0 Å². The Morgan fingerprint density at radius 2 is 1.69 bits per heavy atom. The third-order valence-corrected chi connectivity index (χ3v) is 3.25. The minimum Gasteiger partial charge on any atom is -0.393 e. The minimum absolute atomic E-state index is 0.0819. The first-order chi connectivity index (χ1) is 6.13. The molecule has 80 valence electrons. The number of hydrogen-bond acceptors (Lipinski definition) is 1. The molecule has 1 heteroatoms. The van der Waals surface area contributed by atoms with E-state index in [-0.39, 0.29) is 6.10 Å². The summed E-state index contributed by atoms with van der Waals surface area (Å²) in [4.78, 5) is 0. The van der Waals surface area contributed by atoms with Crippen LogP contribution in [0, 0.1) is 11.8 Å². The molecule has 0 bridgehead atoms. The Balaban J connectivity index is 3.62. The van der Waals surface area contributed by atoms with Crippen LogP contribution in [0.5, 0.6) is 0 Å². The fourth-order valence-electron chi connectivity index (χ4n) is 1.62. The summed E-state index contributed by atoms with van der Waals surface area (Å²) < 4.78 is 0. The first-order valence-electron chi connectivity index (χ1n) is 5.81. The zero-order valence-electron chi connectivity index (χ0n) is 9.71. The second-order valence-corrected chi connectivity index (χ2v) is 4.31. The van der Waals surface area contributed by atoms with E-state index < -0.39 is 0 Å². The van der Waals surface area contributed by atoms with Gasteiger partial charge >= 0.3 is 0 Å². The predicted octanol–water partition coefficient (Wildman–Crippen LogP) is 3.61. The van der Waals surface area contributed by atoms with Gasteiger partial charge in [0, 0.05) is 0 Å². The predicted molar refractivity (Wildman–Crippen MR) is 58.8 cm³/mol. The first-order valence-corrected chi connectivity index (χ1v) is 5.81. The molecule has 0 aliphatic heterocycles.